The van der Waals surface area contributed by atoms with Gasteiger partial charge >= 0.3 is 0 Å². The molecule has 100 valence electrons. The molecule has 1 atom stereocenters. The molecule has 2 aromatic rings. The van der Waals surface area contributed by atoms with Crippen LogP contribution in [0.1, 0.15) is 17.2 Å². The minimum absolute atomic E-state index is 0.251. The van der Waals surface area contributed by atoms with E-state index in [4.69, 9.17) is 11.6 Å². The van der Waals surface area contributed by atoms with E-state index >= 15 is 0 Å². The van der Waals surface area contributed by atoms with Gasteiger partial charge in [0, 0.05) is 15.0 Å². The summed E-state index contributed by atoms with van der Waals surface area (Å²) in [6.07, 6.45) is -0.559. The zero-order chi connectivity index (χ0) is 14.0. The Bertz CT molecular complexity index is 604. The van der Waals surface area contributed by atoms with E-state index in [1.807, 2.05) is 22.6 Å². The molecular formula is C14H10ClF2IO. The minimum atomic E-state index is -0.810. The van der Waals surface area contributed by atoms with Crippen LogP contribution in [-0.4, -0.2) is 5.11 Å². The Morgan fingerprint density at radius 1 is 1.11 bits per heavy atom. The molecule has 0 radical (unpaired) electrons. The van der Waals surface area contributed by atoms with Crippen LogP contribution < -0.4 is 0 Å². The van der Waals surface area contributed by atoms with Crippen molar-refractivity contribution in [3.63, 3.8) is 0 Å². The second-order valence-electron chi connectivity index (χ2n) is 4.12. The summed E-state index contributed by atoms with van der Waals surface area (Å²) < 4.78 is 26.6. The molecule has 1 N–H and O–H groups in total. The molecule has 1 unspecified atom stereocenters. The van der Waals surface area contributed by atoms with Gasteiger partial charge in [0.25, 0.3) is 0 Å². The van der Waals surface area contributed by atoms with E-state index in [0.717, 1.165) is 0 Å². The summed E-state index contributed by atoms with van der Waals surface area (Å²) in [5.74, 6) is -0.764. The maximum absolute atomic E-state index is 13.0. The first-order valence-corrected chi connectivity index (χ1v) is 7.00. The molecule has 0 saturated heterocycles. The average molecular weight is 395 g/mol. The molecule has 0 heterocycles. The highest BCUT2D eigenvalue weighted by molar-refractivity contribution is 14.1. The van der Waals surface area contributed by atoms with Gasteiger partial charge in [-0.05, 0) is 58.0 Å². The van der Waals surface area contributed by atoms with E-state index in [1.165, 1.54) is 30.3 Å². The summed E-state index contributed by atoms with van der Waals surface area (Å²) >= 11 is 7.88. The van der Waals surface area contributed by atoms with Gasteiger partial charge in [0.2, 0.25) is 0 Å². The van der Waals surface area contributed by atoms with Crippen LogP contribution in [0, 0.1) is 15.2 Å². The lowest BCUT2D eigenvalue weighted by atomic mass is 10.0. The SMILES string of the molecule is OC(Cc1ccc(F)cc1Cl)c1ccc(F)cc1I. The van der Waals surface area contributed by atoms with Crippen LogP contribution in [0.3, 0.4) is 0 Å². The van der Waals surface area contributed by atoms with Crippen molar-refractivity contribution in [1.29, 1.82) is 0 Å². The first-order valence-electron chi connectivity index (χ1n) is 5.54. The molecule has 0 amide bonds. The molecule has 2 rings (SSSR count). The third-order valence-electron chi connectivity index (χ3n) is 2.75. The summed E-state index contributed by atoms with van der Waals surface area (Å²) in [4.78, 5) is 0. The van der Waals surface area contributed by atoms with E-state index in [1.54, 1.807) is 6.07 Å². The van der Waals surface area contributed by atoms with Gasteiger partial charge in [-0.3, -0.25) is 0 Å². The van der Waals surface area contributed by atoms with Gasteiger partial charge in [0.05, 0.1) is 6.10 Å². The Hall–Kier alpha value is -0.720. The average Bonchev–Trinajstić information content (AvgIpc) is 2.32. The van der Waals surface area contributed by atoms with Gasteiger partial charge < -0.3 is 5.11 Å². The molecule has 5 heteroatoms. The number of hydrogen-bond acceptors (Lipinski definition) is 1. The molecule has 1 nitrogen and oxygen atoms in total. The van der Waals surface area contributed by atoms with Gasteiger partial charge in [-0.25, -0.2) is 8.78 Å². The van der Waals surface area contributed by atoms with E-state index in [9.17, 15) is 13.9 Å². The summed E-state index contributed by atoms with van der Waals surface area (Å²) in [6, 6.07) is 8.23. The van der Waals surface area contributed by atoms with Crippen molar-refractivity contribution in [1.82, 2.24) is 0 Å². The normalized spacial score (nSPS) is 12.5. The monoisotopic (exact) mass is 394 g/mol. The van der Waals surface area contributed by atoms with Crippen LogP contribution in [-0.2, 0) is 6.42 Å². The third-order valence-corrected chi connectivity index (χ3v) is 4.04. The van der Waals surface area contributed by atoms with Crippen molar-refractivity contribution in [2.24, 2.45) is 0 Å². The van der Waals surface area contributed by atoms with Crippen molar-refractivity contribution < 1.29 is 13.9 Å². The van der Waals surface area contributed by atoms with Crippen molar-refractivity contribution >= 4 is 34.2 Å². The highest BCUT2D eigenvalue weighted by Gasteiger charge is 2.14. The number of aliphatic hydroxyl groups is 1. The maximum atomic E-state index is 13.0. The van der Waals surface area contributed by atoms with E-state index in [0.29, 0.717) is 14.7 Å². The molecule has 0 aliphatic heterocycles. The van der Waals surface area contributed by atoms with E-state index in [-0.39, 0.29) is 17.3 Å². The Morgan fingerprint density at radius 3 is 2.37 bits per heavy atom. The lowest BCUT2D eigenvalue weighted by Gasteiger charge is -2.14. The largest absolute Gasteiger partial charge is 0.388 e. The smallest absolute Gasteiger partial charge is 0.124 e. The highest BCUT2D eigenvalue weighted by atomic mass is 127. The number of hydrogen-bond donors (Lipinski definition) is 1. The zero-order valence-corrected chi connectivity index (χ0v) is 12.6. The lowest BCUT2D eigenvalue weighted by Crippen LogP contribution is -2.05. The fraction of sp³-hybridized carbons (Fsp3) is 0.143. The summed E-state index contributed by atoms with van der Waals surface area (Å²) in [6.45, 7) is 0. The highest BCUT2D eigenvalue weighted by Crippen LogP contribution is 2.27. The van der Waals surface area contributed by atoms with Crippen LogP contribution in [0.25, 0.3) is 0 Å². The van der Waals surface area contributed by atoms with Gasteiger partial charge in [0.15, 0.2) is 0 Å². The number of rotatable bonds is 3. The molecule has 0 spiro atoms. The van der Waals surface area contributed by atoms with Gasteiger partial charge in [0.1, 0.15) is 11.6 Å². The number of halogens is 4. The van der Waals surface area contributed by atoms with Crippen molar-refractivity contribution in [3.05, 3.63) is 67.8 Å². The third kappa shape index (κ3) is 3.64. The number of benzene rings is 2. The molecule has 0 aliphatic carbocycles. The summed E-state index contributed by atoms with van der Waals surface area (Å²) in [5, 5.41) is 10.4. The first-order chi connectivity index (χ1) is 8.97. The van der Waals surface area contributed by atoms with Gasteiger partial charge in [-0.2, -0.15) is 0 Å². The van der Waals surface area contributed by atoms with Crippen molar-refractivity contribution in [2.45, 2.75) is 12.5 Å². The Morgan fingerprint density at radius 2 is 1.74 bits per heavy atom. The van der Waals surface area contributed by atoms with Crippen molar-refractivity contribution in [2.75, 3.05) is 0 Å². The zero-order valence-electron chi connectivity index (χ0n) is 9.71. The Labute approximate surface area is 128 Å². The maximum Gasteiger partial charge on any atom is 0.124 e. The summed E-state index contributed by atoms with van der Waals surface area (Å²) in [5.41, 5.74) is 1.28. The van der Waals surface area contributed by atoms with E-state index in [2.05, 4.69) is 0 Å². The fourth-order valence-electron chi connectivity index (χ4n) is 1.78. The molecule has 0 aromatic heterocycles. The Kier molecular flexibility index (Phi) is 4.76. The Balaban J connectivity index is 2.23. The van der Waals surface area contributed by atoms with Crippen molar-refractivity contribution in [3.8, 4) is 0 Å². The molecule has 0 saturated carbocycles. The van der Waals surface area contributed by atoms with Crippen LogP contribution in [0.2, 0.25) is 5.02 Å². The molecule has 0 fully saturated rings. The fourth-order valence-corrected chi connectivity index (χ4v) is 2.86. The van der Waals surface area contributed by atoms with Crippen LogP contribution in [0.5, 0.6) is 0 Å². The molecular weight excluding hydrogens is 385 g/mol. The first kappa shape index (κ1) is 14.7. The second kappa shape index (κ2) is 6.15. The predicted octanol–water partition coefficient (Wildman–Crippen LogP) is 4.50. The predicted molar refractivity (Wildman–Crippen MR) is 79.2 cm³/mol. The molecule has 0 bridgehead atoms. The second-order valence-corrected chi connectivity index (χ2v) is 5.69. The minimum Gasteiger partial charge on any atom is -0.388 e. The van der Waals surface area contributed by atoms with Gasteiger partial charge in [-0.1, -0.05) is 23.7 Å². The quantitative estimate of drug-likeness (QED) is 0.760. The van der Waals surface area contributed by atoms with Crippen LogP contribution in [0.4, 0.5) is 8.78 Å². The lowest BCUT2D eigenvalue weighted by molar-refractivity contribution is 0.177. The van der Waals surface area contributed by atoms with Crippen LogP contribution in [0.15, 0.2) is 36.4 Å². The van der Waals surface area contributed by atoms with Gasteiger partial charge in [-0.15, -0.1) is 0 Å². The van der Waals surface area contributed by atoms with E-state index < -0.39 is 11.9 Å². The van der Waals surface area contributed by atoms with Crippen LogP contribution >= 0.6 is 34.2 Å². The molecule has 0 aliphatic rings. The molecule has 2 aromatic carbocycles. The molecule has 19 heavy (non-hydrogen) atoms. The summed E-state index contributed by atoms with van der Waals surface area (Å²) in [7, 11) is 0. The number of aliphatic hydroxyl groups excluding tert-OH is 1. The topological polar surface area (TPSA) is 20.2 Å². The standard InChI is InChI=1S/C14H10ClF2IO/c15-12-6-9(16)2-1-8(12)5-14(19)11-4-3-10(17)7-13(11)18/h1-4,6-7,14,19H,5H2.